The van der Waals surface area contributed by atoms with Gasteiger partial charge in [0.05, 0.1) is 0 Å². The summed E-state index contributed by atoms with van der Waals surface area (Å²) in [7, 11) is 0. The average Bonchev–Trinajstić information content (AvgIpc) is 2.73. The van der Waals surface area contributed by atoms with E-state index in [1.807, 2.05) is 0 Å². The summed E-state index contributed by atoms with van der Waals surface area (Å²) in [5, 5.41) is 3.59. The van der Waals surface area contributed by atoms with Gasteiger partial charge in [-0.05, 0) is 32.7 Å². The van der Waals surface area contributed by atoms with Gasteiger partial charge in [0.1, 0.15) is 11.6 Å². The lowest BCUT2D eigenvalue weighted by Crippen LogP contribution is -2.36. The summed E-state index contributed by atoms with van der Waals surface area (Å²) in [6, 6.07) is -1.34. The number of nitrogens with zero attached hydrogens (tertiary/aromatic N) is 4. The third kappa shape index (κ3) is 5.95. The summed E-state index contributed by atoms with van der Waals surface area (Å²) in [4.78, 5) is 53.4. The second-order valence-electron chi connectivity index (χ2n) is 5.84. The van der Waals surface area contributed by atoms with Crippen LogP contribution < -0.4 is 0 Å². The minimum Gasteiger partial charge on any atom is -0.460 e. The number of rotatable bonds is 6. The van der Waals surface area contributed by atoms with Crippen LogP contribution in [0.1, 0.15) is 46.5 Å². The summed E-state index contributed by atoms with van der Waals surface area (Å²) in [6.07, 6.45) is -0.432. The maximum Gasteiger partial charge on any atom is 0.342 e. The van der Waals surface area contributed by atoms with E-state index in [2.05, 4.69) is 14.9 Å². The summed E-state index contributed by atoms with van der Waals surface area (Å²) in [6.45, 7) is 5.07. The molecular weight excluding hydrogens is 308 g/mol. The number of hydrogen-bond acceptors (Lipinski definition) is 7. The molecule has 126 valence electrons. The van der Waals surface area contributed by atoms with E-state index < -0.39 is 35.4 Å². The van der Waals surface area contributed by atoms with E-state index in [1.54, 1.807) is 20.8 Å². The second kappa shape index (κ2) is 7.59. The Kier molecular flexibility index (Phi) is 6.09. The number of hydroxylamine groups is 2. The summed E-state index contributed by atoms with van der Waals surface area (Å²) >= 11 is 0. The van der Waals surface area contributed by atoms with Gasteiger partial charge in [-0.15, -0.1) is 5.06 Å². The van der Waals surface area contributed by atoms with Crippen LogP contribution in [0.25, 0.3) is 10.4 Å². The molecule has 0 radical (unpaired) electrons. The molecule has 0 saturated carbocycles. The number of ether oxygens (including phenoxy) is 1. The average molecular weight is 326 g/mol. The van der Waals surface area contributed by atoms with Crippen molar-refractivity contribution in [3.8, 4) is 0 Å². The summed E-state index contributed by atoms with van der Waals surface area (Å²) in [5.74, 6) is -2.93. The molecule has 0 aromatic rings. The van der Waals surface area contributed by atoms with Gasteiger partial charge in [-0.25, -0.2) is 4.79 Å². The molecule has 2 amide bonds. The van der Waals surface area contributed by atoms with Gasteiger partial charge in [0.15, 0.2) is 0 Å². The predicted molar refractivity (Wildman–Crippen MR) is 75.2 cm³/mol. The maximum absolute atomic E-state index is 11.9. The molecule has 1 saturated heterocycles. The van der Waals surface area contributed by atoms with Crippen molar-refractivity contribution < 1.29 is 28.8 Å². The van der Waals surface area contributed by atoms with Crippen LogP contribution in [0.2, 0.25) is 0 Å². The Morgan fingerprint density at radius 2 is 1.87 bits per heavy atom. The topological polar surface area (TPSA) is 139 Å². The van der Waals surface area contributed by atoms with Gasteiger partial charge in [-0.2, -0.15) is 0 Å². The molecule has 1 unspecified atom stereocenters. The van der Waals surface area contributed by atoms with Crippen molar-refractivity contribution in [1.82, 2.24) is 5.06 Å². The molecule has 0 aliphatic carbocycles. The van der Waals surface area contributed by atoms with Crippen molar-refractivity contribution in [2.45, 2.75) is 58.1 Å². The Labute approximate surface area is 132 Å². The van der Waals surface area contributed by atoms with Crippen LogP contribution in [0.5, 0.6) is 0 Å². The molecule has 1 heterocycles. The Hall–Kier alpha value is -2.61. The number of azide groups is 1. The fourth-order valence-electron chi connectivity index (χ4n) is 1.74. The van der Waals surface area contributed by atoms with Crippen LogP contribution >= 0.6 is 0 Å². The first-order valence-corrected chi connectivity index (χ1v) is 6.97. The second-order valence-corrected chi connectivity index (χ2v) is 5.84. The first-order valence-electron chi connectivity index (χ1n) is 6.97. The monoisotopic (exact) mass is 326 g/mol. The normalized spacial score (nSPS) is 15.9. The lowest BCUT2D eigenvalue weighted by Gasteiger charge is -2.20. The van der Waals surface area contributed by atoms with Crippen LogP contribution in [0.4, 0.5) is 0 Å². The Bertz CT molecular complexity index is 545. The SMILES string of the molecule is CC(C)(C)OC(=O)CCC(N=[N+]=[N-])C(=O)ON1C(=O)CCC1=O. The van der Waals surface area contributed by atoms with Crippen molar-refractivity contribution in [1.29, 1.82) is 0 Å². The van der Waals surface area contributed by atoms with Crippen molar-refractivity contribution in [2.75, 3.05) is 0 Å². The van der Waals surface area contributed by atoms with Crippen LogP contribution in [-0.4, -0.2) is 40.5 Å². The standard InChI is InChI=1S/C13H18N4O6/c1-13(2,3)22-11(20)7-4-8(15-16-14)12(21)23-17-9(18)5-6-10(17)19/h8H,4-7H2,1-3H3. The fourth-order valence-corrected chi connectivity index (χ4v) is 1.74. The zero-order valence-corrected chi connectivity index (χ0v) is 13.1. The third-order valence-electron chi connectivity index (χ3n) is 2.69. The molecule has 1 rings (SSSR count). The predicted octanol–water partition coefficient (Wildman–Crippen LogP) is 1.39. The number of carbonyl (C=O) groups is 4. The minimum absolute atomic E-state index is 0.0454. The molecule has 0 aromatic heterocycles. The molecule has 10 nitrogen and oxygen atoms in total. The van der Waals surface area contributed by atoms with E-state index in [1.165, 1.54) is 0 Å². The number of esters is 1. The van der Waals surface area contributed by atoms with E-state index in [9.17, 15) is 19.2 Å². The van der Waals surface area contributed by atoms with Crippen molar-refractivity contribution in [3.05, 3.63) is 10.4 Å². The van der Waals surface area contributed by atoms with Crippen LogP contribution in [-0.2, 0) is 28.8 Å². The highest BCUT2D eigenvalue weighted by molar-refractivity contribution is 6.01. The first-order chi connectivity index (χ1) is 10.6. The fraction of sp³-hybridized carbons (Fsp3) is 0.692. The van der Waals surface area contributed by atoms with Gasteiger partial charge in [0.2, 0.25) is 0 Å². The Balaban J connectivity index is 2.62. The summed E-state index contributed by atoms with van der Waals surface area (Å²) in [5.41, 5.74) is 7.81. The molecule has 10 heteroatoms. The molecular formula is C13H18N4O6. The van der Waals surface area contributed by atoms with Crippen LogP contribution in [0, 0.1) is 0 Å². The smallest absolute Gasteiger partial charge is 0.342 e. The van der Waals surface area contributed by atoms with Crippen molar-refractivity contribution in [2.24, 2.45) is 5.11 Å². The van der Waals surface area contributed by atoms with E-state index in [4.69, 9.17) is 10.3 Å². The molecule has 0 spiro atoms. The minimum atomic E-state index is -1.34. The number of carbonyl (C=O) groups excluding carboxylic acids is 4. The largest absolute Gasteiger partial charge is 0.460 e. The molecule has 1 atom stereocenters. The first kappa shape index (κ1) is 18.4. The van der Waals surface area contributed by atoms with Crippen molar-refractivity contribution >= 4 is 23.8 Å². The molecule has 1 aliphatic heterocycles. The highest BCUT2D eigenvalue weighted by atomic mass is 16.7. The molecule has 0 N–H and O–H groups in total. The van der Waals surface area contributed by atoms with Gasteiger partial charge in [-0.3, -0.25) is 14.4 Å². The summed E-state index contributed by atoms with van der Waals surface area (Å²) < 4.78 is 5.07. The molecule has 0 aromatic carbocycles. The van der Waals surface area contributed by atoms with E-state index in [0.717, 1.165) is 0 Å². The lowest BCUT2D eigenvalue weighted by molar-refractivity contribution is -0.198. The van der Waals surface area contributed by atoms with Crippen molar-refractivity contribution in [3.63, 3.8) is 0 Å². The van der Waals surface area contributed by atoms with Gasteiger partial charge in [-0.1, -0.05) is 5.11 Å². The molecule has 1 aliphatic rings. The lowest BCUT2D eigenvalue weighted by atomic mass is 10.1. The van der Waals surface area contributed by atoms with Gasteiger partial charge < -0.3 is 9.57 Å². The number of hydrogen-bond donors (Lipinski definition) is 0. The maximum atomic E-state index is 11.9. The highest BCUT2D eigenvalue weighted by Crippen LogP contribution is 2.16. The molecule has 1 fully saturated rings. The van der Waals surface area contributed by atoms with Gasteiger partial charge >= 0.3 is 11.9 Å². The van der Waals surface area contributed by atoms with E-state index in [-0.39, 0.29) is 25.7 Å². The zero-order valence-electron chi connectivity index (χ0n) is 13.1. The Morgan fingerprint density at radius 1 is 1.30 bits per heavy atom. The van der Waals surface area contributed by atoms with Crippen LogP contribution in [0.3, 0.4) is 0 Å². The number of imide groups is 1. The number of amides is 2. The quantitative estimate of drug-likeness (QED) is 0.237. The van der Waals surface area contributed by atoms with E-state index in [0.29, 0.717) is 5.06 Å². The Morgan fingerprint density at radius 3 is 2.35 bits per heavy atom. The van der Waals surface area contributed by atoms with E-state index >= 15 is 0 Å². The van der Waals surface area contributed by atoms with Gasteiger partial charge in [0, 0.05) is 24.2 Å². The highest BCUT2D eigenvalue weighted by Gasteiger charge is 2.34. The third-order valence-corrected chi connectivity index (χ3v) is 2.69. The van der Waals surface area contributed by atoms with Gasteiger partial charge in [0.25, 0.3) is 11.8 Å². The zero-order chi connectivity index (χ0) is 17.6. The van der Waals surface area contributed by atoms with Crippen LogP contribution in [0.15, 0.2) is 5.11 Å². The molecule has 23 heavy (non-hydrogen) atoms. The molecule has 0 bridgehead atoms.